The predicted molar refractivity (Wildman–Crippen MR) is 79.5 cm³/mol. The summed E-state index contributed by atoms with van der Waals surface area (Å²) in [6.45, 7) is 6.26. The lowest BCUT2D eigenvalue weighted by Crippen LogP contribution is -2.43. The number of para-hydroxylation sites is 1. The molecule has 2 unspecified atom stereocenters. The Labute approximate surface area is 115 Å². The van der Waals surface area contributed by atoms with E-state index in [0.717, 1.165) is 23.2 Å². The number of hydrogen-bond acceptors (Lipinski definition) is 1. The average Bonchev–Trinajstić information content (AvgIpc) is 2.37. The van der Waals surface area contributed by atoms with Crippen LogP contribution >= 0.6 is 0 Å². The summed E-state index contributed by atoms with van der Waals surface area (Å²) in [6, 6.07) is 6.29. The number of anilines is 1. The van der Waals surface area contributed by atoms with Gasteiger partial charge in [0.15, 0.2) is 0 Å². The quantitative estimate of drug-likeness (QED) is 0.829. The van der Waals surface area contributed by atoms with Gasteiger partial charge in [-0.25, -0.2) is 4.79 Å². The first-order valence-corrected chi connectivity index (χ1v) is 7.21. The molecule has 1 saturated carbocycles. The Kier molecular flexibility index (Phi) is 4.46. The first kappa shape index (κ1) is 13.9. The minimum Gasteiger partial charge on any atom is -0.335 e. The Bertz CT molecular complexity index is 436. The molecule has 0 aromatic heterocycles. The number of benzene rings is 1. The van der Waals surface area contributed by atoms with Crippen LogP contribution in [0.2, 0.25) is 0 Å². The largest absolute Gasteiger partial charge is 0.335 e. The third-order valence-electron chi connectivity index (χ3n) is 4.15. The fourth-order valence-electron chi connectivity index (χ4n) is 2.86. The molecule has 2 N–H and O–H groups in total. The summed E-state index contributed by atoms with van der Waals surface area (Å²) in [5.74, 6) is 0.581. The van der Waals surface area contributed by atoms with E-state index in [1.807, 2.05) is 32.0 Å². The van der Waals surface area contributed by atoms with E-state index in [4.69, 9.17) is 0 Å². The lowest BCUT2D eigenvalue weighted by atomic mass is 9.86. The van der Waals surface area contributed by atoms with Crippen LogP contribution in [0.15, 0.2) is 18.2 Å². The SMILES string of the molecule is Cc1cccc(C)c1NC(=O)NC1CCCCC1C. The normalized spacial score (nSPS) is 22.9. The van der Waals surface area contributed by atoms with Gasteiger partial charge in [0.25, 0.3) is 0 Å². The summed E-state index contributed by atoms with van der Waals surface area (Å²) in [5.41, 5.74) is 3.14. The molecule has 1 aromatic rings. The smallest absolute Gasteiger partial charge is 0.319 e. The first-order chi connectivity index (χ1) is 9.08. The van der Waals surface area contributed by atoms with Gasteiger partial charge in [-0.3, -0.25) is 0 Å². The van der Waals surface area contributed by atoms with Crippen molar-refractivity contribution < 1.29 is 4.79 Å². The highest BCUT2D eigenvalue weighted by atomic mass is 16.2. The third-order valence-corrected chi connectivity index (χ3v) is 4.15. The van der Waals surface area contributed by atoms with Crippen molar-refractivity contribution in [2.75, 3.05) is 5.32 Å². The van der Waals surface area contributed by atoms with Gasteiger partial charge in [0, 0.05) is 11.7 Å². The van der Waals surface area contributed by atoms with Gasteiger partial charge in [-0.1, -0.05) is 38.0 Å². The molecule has 2 amide bonds. The van der Waals surface area contributed by atoms with Crippen LogP contribution in [0.25, 0.3) is 0 Å². The van der Waals surface area contributed by atoms with E-state index in [-0.39, 0.29) is 6.03 Å². The molecule has 0 radical (unpaired) electrons. The third kappa shape index (κ3) is 3.49. The Balaban J connectivity index is 1.97. The number of carbonyl (C=O) groups excluding carboxylic acids is 1. The van der Waals surface area contributed by atoms with Crippen LogP contribution in [0.1, 0.15) is 43.7 Å². The maximum atomic E-state index is 12.1. The van der Waals surface area contributed by atoms with Crippen molar-refractivity contribution >= 4 is 11.7 Å². The van der Waals surface area contributed by atoms with Crippen molar-refractivity contribution in [2.45, 2.75) is 52.5 Å². The Morgan fingerprint density at radius 1 is 1.16 bits per heavy atom. The molecular formula is C16H24N2O. The zero-order chi connectivity index (χ0) is 13.8. The molecule has 2 atom stereocenters. The topological polar surface area (TPSA) is 41.1 Å². The van der Waals surface area contributed by atoms with Gasteiger partial charge in [0.1, 0.15) is 0 Å². The predicted octanol–water partition coefficient (Wildman–Crippen LogP) is 4.00. The molecule has 0 heterocycles. The van der Waals surface area contributed by atoms with E-state index >= 15 is 0 Å². The molecule has 0 spiro atoms. The van der Waals surface area contributed by atoms with Gasteiger partial charge in [0.05, 0.1) is 0 Å². The van der Waals surface area contributed by atoms with Crippen LogP contribution in [0.5, 0.6) is 0 Å². The van der Waals surface area contributed by atoms with Crippen LogP contribution in [-0.2, 0) is 0 Å². The monoisotopic (exact) mass is 260 g/mol. The molecular weight excluding hydrogens is 236 g/mol. The molecule has 3 nitrogen and oxygen atoms in total. The fourth-order valence-corrected chi connectivity index (χ4v) is 2.86. The molecule has 3 heteroatoms. The van der Waals surface area contributed by atoms with Crippen molar-refractivity contribution in [3.8, 4) is 0 Å². The molecule has 1 aliphatic carbocycles. The molecule has 0 bridgehead atoms. The number of carbonyl (C=O) groups is 1. The summed E-state index contributed by atoms with van der Waals surface area (Å²) >= 11 is 0. The minimum atomic E-state index is -0.0730. The lowest BCUT2D eigenvalue weighted by Gasteiger charge is -2.29. The van der Waals surface area contributed by atoms with Crippen molar-refractivity contribution in [1.29, 1.82) is 0 Å². The Hall–Kier alpha value is -1.51. The summed E-state index contributed by atoms with van der Waals surface area (Å²) in [6.07, 6.45) is 4.83. The highest BCUT2D eigenvalue weighted by molar-refractivity contribution is 5.91. The average molecular weight is 260 g/mol. The second-order valence-corrected chi connectivity index (χ2v) is 5.73. The number of rotatable bonds is 2. The lowest BCUT2D eigenvalue weighted by molar-refractivity contribution is 0.232. The van der Waals surface area contributed by atoms with E-state index in [1.54, 1.807) is 0 Å². The second kappa shape index (κ2) is 6.09. The number of urea groups is 1. The molecule has 1 fully saturated rings. The summed E-state index contributed by atoms with van der Waals surface area (Å²) in [5, 5.41) is 6.12. The number of amides is 2. The van der Waals surface area contributed by atoms with E-state index < -0.39 is 0 Å². The molecule has 0 saturated heterocycles. The van der Waals surface area contributed by atoms with E-state index in [9.17, 15) is 4.79 Å². The van der Waals surface area contributed by atoms with Crippen molar-refractivity contribution in [3.05, 3.63) is 29.3 Å². The molecule has 104 valence electrons. The number of hydrogen-bond donors (Lipinski definition) is 2. The first-order valence-electron chi connectivity index (χ1n) is 7.21. The fraction of sp³-hybridized carbons (Fsp3) is 0.562. The van der Waals surface area contributed by atoms with E-state index in [0.29, 0.717) is 12.0 Å². The van der Waals surface area contributed by atoms with Crippen molar-refractivity contribution in [2.24, 2.45) is 5.92 Å². The van der Waals surface area contributed by atoms with Gasteiger partial charge in [-0.15, -0.1) is 0 Å². The van der Waals surface area contributed by atoms with Crippen LogP contribution < -0.4 is 10.6 Å². The number of aryl methyl sites for hydroxylation is 2. The molecule has 1 aliphatic rings. The zero-order valence-corrected chi connectivity index (χ0v) is 12.1. The Morgan fingerprint density at radius 3 is 2.42 bits per heavy atom. The number of nitrogens with one attached hydrogen (secondary N) is 2. The van der Waals surface area contributed by atoms with Crippen LogP contribution in [0, 0.1) is 19.8 Å². The molecule has 2 rings (SSSR count). The molecule has 0 aliphatic heterocycles. The highest BCUT2D eigenvalue weighted by Gasteiger charge is 2.22. The Morgan fingerprint density at radius 2 is 1.79 bits per heavy atom. The standard InChI is InChI=1S/C16H24N2O/c1-11-7-4-5-10-14(11)17-16(19)18-15-12(2)8-6-9-13(15)3/h6,8-9,11,14H,4-5,7,10H2,1-3H3,(H2,17,18,19). The highest BCUT2D eigenvalue weighted by Crippen LogP contribution is 2.24. The molecule has 19 heavy (non-hydrogen) atoms. The van der Waals surface area contributed by atoms with Gasteiger partial charge < -0.3 is 10.6 Å². The van der Waals surface area contributed by atoms with Gasteiger partial charge in [-0.2, -0.15) is 0 Å². The van der Waals surface area contributed by atoms with Crippen molar-refractivity contribution in [3.63, 3.8) is 0 Å². The summed E-state index contributed by atoms with van der Waals surface area (Å²) < 4.78 is 0. The van der Waals surface area contributed by atoms with Crippen molar-refractivity contribution in [1.82, 2.24) is 5.32 Å². The molecule has 1 aromatic carbocycles. The zero-order valence-electron chi connectivity index (χ0n) is 12.1. The summed E-state index contributed by atoms with van der Waals surface area (Å²) in [4.78, 5) is 12.1. The maximum Gasteiger partial charge on any atom is 0.319 e. The van der Waals surface area contributed by atoms with Gasteiger partial charge in [0.2, 0.25) is 0 Å². The van der Waals surface area contributed by atoms with Crippen LogP contribution in [-0.4, -0.2) is 12.1 Å². The van der Waals surface area contributed by atoms with E-state index in [2.05, 4.69) is 17.6 Å². The maximum absolute atomic E-state index is 12.1. The second-order valence-electron chi connectivity index (χ2n) is 5.73. The van der Waals surface area contributed by atoms with E-state index in [1.165, 1.54) is 19.3 Å². The van der Waals surface area contributed by atoms with Crippen LogP contribution in [0.3, 0.4) is 0 Å². The minimum absolute atomic E-state index is 0.0730. The summed E-state index contributed by atoms with van der Waals surface area (Å²) in [7, 11) is 0. The van der Waals surface area contributed by atoms with Gasteiger partial charge >= 0.3 is 6.03 Å². The van der Waals surface area contributed by atoms with Gasteiger partial charge in [-0.05, 0) is 43.7 Å². The van der Waals surface area contributed by atoms with Crippen LogP contribution in [0.4, 0.5) is 10.5 Å².